The molecule has 0 aliphatic rings. The first-order valence-electron chi connectivity index (χ1n) is 16.1. The molecule has 0 aromatic rings. The van der Waals surface area contributed by atoms with Gasteiger partial charge in [-0.2, -0.15) is 0 Å². The second kappa shape index (κ2) is 19.6. The summed E-state index contributed by atoms with van der Waals surface area (Å²) < 4.78 is 0. The van der Waals surface area contributed by atoms with Crippen LogP contribution >= 0.6 is 0 Å². The van der Waals surface area contributed by atoms with Crippen molar-refractivity contribution >= 4 is 29.5 Å². The molecule has 0 aliphatic heterocycles. The van der Waals surface area contributed by atoms with Gasteiger partial charge in [0.2, 0.25) is 29.5 Å². The quantitative estimate of drug-likeness (QED) is 0.135. The molecule has 256 valence electrons. The highest BCUT2D eigenvalue weighted by Gasteiger charge is 2.41. The summed E-state index contributed by atoms with van der Waals surface area (Å²) in [6, 6.07) is -3.88. The molecule has 0 radical (unpaired) electrons. The minimum Gasteiger partial charge on any atom is -0.354 e. The number of nitrogens with zero attached hydrogens (tertiary/aromatic N) is 2. The highest BCUT2D eigenvalue weighted by Crippen LogP contribution is 2.20. The van der Waals surface area contributed by atoms with E-state index in [2.05, 4.69) is 21.3 Å². The first-order valence-corrected chi connectivity index (χ1v) is 16.1. The number of carbonyl (C=O) groups excluding carboxylic acids is 5. The van der Waals surface area contributed by atoms with Crippen molar-refractivity contribution in [1.29, 1.82) is 0 Å². The fraction of sp³-hybridized carbons (Fsp3) is 0.844. The van der Waals surface area contributed by atoms with E-state index in [1.807, 2.05) is 69.2 Å². The fourth-order valence-corrected chi connectivity index (χ4v) is 5.41. The highest BCUT2D eigenvalue weighted by molar-refractivity contribution is 5.96. The van der Waals surface area contributed by atoms with Gasteiger partial charge in [0.05, 0.1) is 6.04 Å². The number of hydrogen-bond donors (Lipinski definition) is 5. The predicted molar refractivity (Wildman–Crippen MR) is 175 cm³/mol. The van der Waals surface area contributed by atoms with Crippen molar-refractivity contribution in [2.45, 2.75) is 112 Å². The Bertz CT molecular complexity index is 938. The van der Waals surface area contributed by atoms with E-state index in [9.17, 15) is 24.0 Å². The molecular weight excluding hydrogens is 562 g/mol. The molecule has 12 heteroatoms. The molecule has 0 fully saturated rings. The van der Waals surface area contributed by atoms with Gasteiger partial charge in [-0.05, 0) is 56.0 Å². The molecule has 0 saturated carbocycles. The standard InChI is InChI=1S/C32H63N7O5/c1-18(2)23(34-11)29(41)37-25(20(5)6)31(43)39(13)27(22(9)10)32(44)38(12)26(21(7)8)30(42)36-24(19(3)4)28(40)35-17-15-14-16-33/h18-27,34H,14-17,33H2,1-13H3,(H,35,40)(H,36,42)(H,37,41)/t23-,24-,25-,26-,27-/m0/s1. The van der Waals surface area contributed by atoms with Gasteiger partial charge in [-0.1, -0.05) is 69.2 Å². The molecule has 5 amide bonds. The molecule has 0 aromatic carbocycles. The van der Waals surface area contributed by atoms with Crippen LogP contribution in [0.25, 0.3) is 0 Å². The third-order valence-corrected chi connectivity index (χ3v) is 7.98. The van der Waals surface area contributed by atoms with Crippen molar-refractivity contribution in [2.24, 2.45) is 35.3 Å². The molecule has 0 spiro atoms. The Morgan fingerprint density at radius 2 is 1.02 bits per heavy atom. The van der Waals surface area contributed by atoms with Crippen molar-refractivity contribution in [3.8, 4) is 0 Å². The summed E-state index contributed by atoms with van der Waals surface area (Å²) in [4.78, 5) is 70.2. The zero-order valence-corrected chi connectivity index (χ0v) is 29.6. The lowest BCUT2D eigenvalue weighted by atomic mass is 9.94. The number of nitrogens with two attached hydrogens (primary N) is 1. The Hall–Kier alpha value is -2.73. The van der Waals surface area contributed by atoms with Crippen LogP contribution in [0.2, 0.25) is 0 Å². The van der Waals surface area contributed by atoms with Crippen LogP contribution in [-0.4, -0.2) is 104 Å². The second-order valence-corrected chi connectivity index (χ2v) is 13.5. The molecule has 44 heavy (non-hydrogen) atoms. The summed E-state index contributed by atoms with van der Waals surface area (Å²) in [5.74, 6) is -2.78. The number of amides is 5. The lowest BCUT2D eigenvalue weighted by Crippen LogP contribution is -2.62. The first-order chi connectivity index (χ1) is 20.3. The van der Waals surface area contributed by atoms with Crippen molar-refractivity contribution in [2.75, 3.05) is 34.2 Å². The monoisotopic (exact) mass is 625 g/mol. The fourth-order valence-electron chi connectivity index (χ4n) is 5.41. The maximum absolute atomic E-state index is 14.1. The van der Waals surface area contributed by atoms with Crippen molar-refractivity contribution in [3.63, 3.8) is 0 Å². The van der Waals surface area contributed by atoms with E-state index in [4.69, 9.17) is 5.73 Å². The maximum atomic E-state index is 14.1. The molecule has 12 nitrogen and oxygen atoms in total. The van der Waals surface area contributed by atoms with Crippen LogP contribution in [0.1, 0.15) is 82.1 Å². The van der Waals surface area contributed by atoms with E-state index in [-0.39, 0.29) is 47.3 Å². The van der Waals surface area contributed by atoms with Crippen LogP contribution in [0.3, 0.4) is 0 Å². The van der Waals surface area contributed by atoms with Crippen LogP contribution < -0.4 is 27.0 Å². The minimum atomic E-state index is -0.892. The van der Waals surface area contributed by atoms with Crippen LogP contribution in [0, 0.1) is 29.6 Å². The number of rotatable bonds is 19. The Morgan fingerprint density at radius 1 is 0.568 bits per heavy atom. The Labute approximate surface area is 266 Å². The lowest BCUT2D eigenvalue weighted by molar-refractivity contribution is -0.152. The Morgan fingerprint density at radius 3 is 1.43 bits per heavy atom. The van der Waals surface area contributed by atoms with E-state index >= 15 is 0 Å². The molecule has 0 heterocycles. The Kier molecular flexibility index (Phi) is 18.4. The number of hydrogen-bond acceptors (Lipinski definition) is 7. The second-order valence-electron chi connectivity index (χ2n) is 13.5. The van der Waals surface area contributed by atoms with Crippen molar-refractivity contribution < 1.29 is 24.0 Å². The number of nitrogens with one attached hydrogen (secondary N) is 4. The average molecular weight is 626 g/mol. The molecular formula is C32H63N7O5. The number of unbranched alkanes of at least 4 members (excludes halogenated alkanes) is 1. The van der Waals surface area contributed by atoms with E-state index in [1.54, 1.807) is 21.1 Å². The molecule has 0 aromatic heterocycles. The summed E-state index contributed by atoms with van der Waals surface area (Å²) in [5, 5.41) is 11.6. The molecule has 0 aliphatic carbocycles. The molecule has 5 atom stereocenters. The highest BCUT2D eigenvalue weighted by atomic mass is 16.2. The number of carbonyl (C=O) groups is 5. The summed E-state index contributed by atoms with van der Waals surface area (Å²) >= 11 is 0. The summed E-state index contributed by atoms with van der Waals surface area (Å²) in [6.45, 7) is 19.6. The zero-order valence-electron chi connectivity index (χ0n) is 29.6. The van der Waals surface area contributed by atoms with Crippen molar-refractivity contribution in [1.82, 2.24) is 31.1 Å². The van der Waals surface area contributed by atoms with Gasteiger partial charge in [0.1, 0.15) is 24.2 Å². The first kappa shape index (κ1) is 41.3. The van der Waals surface area contributed by atoms with E-state index in [1.165, 1.54) is 9.80 Å². The average Bonchev–Trinajstić information content (AvgIpc) is 2.91. The van der Waals surface area contributed by atoms with Gasteiger partial charge in [-0.15, -0.1) is 0 Å². The largest absolute Gasteiger partial charge is 0.354 e. The Balaban J connectivity index is 6.08. The predicted octanol–water partition coefficient (Wildman–Crippen LogP) is 1.33. The molecule has 0 rings (SSSR count). The SMILES string of the molecule is CN[C@H](C(=O)N[C@H](C(=O)N(C)[C@H](C(=O)N(C)[C@H](C(=O)N[C@H](C(=O)NCCCCN)C(C)C)C(C)C)C(C)C)C(C)C)C(C)C. The maximum Gasteiger partial charge on any atom is 0.246 e. The third kappa shape index (κ3) is 12.0. The molecule has 6 N–H and O–H groups in total. The molecule has 0 unspecified atom stereocenters. The smallest absolute Gasteiger partial charge is 0.246 e. The zero-order chi connectivity index (χ0) is 34.5. The van der Waals surface area contributed by atoms with Gasteiger partial charge < -0.3 is 36.8 Å². The van der Waals surface area contributed by atoms with Crippen LogP contribution in [0.5, 0.6) is 0 Å². The van der Waals surface area contributed by atoms with Gasteiger partial charge in [0.15, 0.2) is 0 Å². The van der Waals surface area contributed by atoms with Crippen molar-refractivity contribution in [3.05, 3.63) is 0 Å². The van der Waals surface area contributed by atoms with Gasteiger partial charge in [0, 0.05) is 20.6 Å². The van der Waals surface area contributed by atoms with E-state index in [0.29, 0.717) is 13.1 Å². The summed E-state index contributed by atoms with van der Waals surface area (Å²) in [5.41, 5.74) is 5.54. The lowest BCUT2D eigenvalue weighted by Gasteiger charge is -2.39. The third-order valence-electron chi connectivity index (χ3n) is 7.98. The van der Waals surface area contributed by atoms with Gasteiger partial charge in [-0.3, -0.25) is 24.0 Å². The van der Waals surface area contributed by atoms with E-state index < -0.39 is 42.0 Å². The minimum absolute atomic E-state index is 0.0101. The van der Waals surface area contributed by atoms with E-state index in [0.717, 1.165) is 12.8 Å². The molecule has 0 saturated heterocycles. The summed E-state index contributed by atoms with van der Waals surface area (Å²) in [7, 11) is 4.82. The van der Waals surface area contributed by atoms with Crippen LogP contribution in [0.15, 0.2) is 0 Å². The van der Waals surface area contributed by atoms with Gasteiger partial charge in [0.25, 0.3) is 0 Å². The number of likely N-dealkylation sites (N-methyl/N-ethyl adjacent to an activating group) is 3. The van der Waals surface area contributed by atoms with Crippen LogP contribution in [-0.2, 0) is 24.0 Å². The van der Waals surface area contributed by atoms with Gasteiger partial charge in [-0.25, -0.2) is 0 Å². The normalized spacial score (nSPS) is 15.2. The summed E-state index contributed by atoms with van der Waals surface area (Å²) in [6.07, 6.45) is 1.53. The topological polar surface area (TPSA) is 166 Å². The van der Waals surface area contributed by atoms with Gasteiger partial charge >= 0.3 is 0 Å². The van der Waals surface area contributed by atoms with Crippen LogP contribution in [0.4, 0.5) is 0 Å². The molecule has 0 bridgehead atoms.